The van der Waals surface area contributed by atoms with Crippen LogP contribution in [0.1, 0.15) is 32.1 Å². The van der Waals surface area contributed by atoms with E-state index in [-0.39, 0.29) is 5.79 Å². The van der Waals surface area contributed by atoms with Crippen LogP contribution in [0.5, 0.6) is 0 Å². The number of hydrogen-bond acceptors (Lipinski definition) is 3. The second kappa shape index (κ2) is 6.86. The third kappa shape index (κ3) is 3.44. The fraction of sp³-hybridized carbons (Fsp3) is 0.529. The van der Waals surface area contributed by atoms with Crippen LogP contribution in [0.3, 0.4) is 0 Å². The maximum absolute atomic E-state index is 12.1. The lowest BCUT2D eigenvalue weighted by Crippen LogP contribution is -2.34. The van der Waals surface area contributed by atoms with E-state index >= 15 is 0 Å². The summed E-state index contributed by atoms with van der Waals surface area (Å²) in [6.07, 6.45) is 7.39. The molecule has 1 aliphatic carbocycles. The third-order valence-electron chi connectivity index (χ3n) is 4.35. The highest BCUT2D eigenvalue weighted by Gasteiger charge is 2.47. The lowest BCUT2D eigenvalue weighted by molar-refractivity contribution is -0.182. The molecule has 1 spiro atoms. The number of benzene rings is 1. The van der Waals surface area contributed by atoms with E-state index in [0.717, 1.165) is 37.4 Å². The van der Waals surface area contributed by atoms with Gasteiger partial charge in [0.05, 0.1) is 24.0 Å². The monoisotopic (exact) mass is 306 g/mol. The third-order valence-corrected chi connectivity index (χ3v) is 5.53. The maximum Gasteiger partial charge on any atom is 0.171 e. The van der Waals surface area contributed by atoms with Crippen molar-refractivity contribution in [3.05, 3.63) is 41.8 Å². The molecular weight excluding hydrogens is 284 g/mol. The Balaban J connectivity index is 1.50. The van der Waals surface area contributed by atoms with Crippen LogP contribution in [0.4, 0.5) is 0 Å². The van der Waals surface area contributed by atoms with Crippen molar-refractivity contribution in [3.63, 3.8) is 0 Å². The average Bonchev–Trinajstić information content (AvgIpc) is 3.15. The van der Waals surface area contributed by atoms with Gasteiger partial charge in [0.15, 0.2) is 5.79 Å². The number of ether oxygens (including phenoxy) is 2. The van der Waals surface area contributed by atoms with Gasteiger partial charge in [0.1, 0.15) is 0 Å². The molecule has 2 aliphatic rings. The molecule has 2 unspecified atom stereocenters. The minimum Gasteiger partial charge on any atom is -0.347 e. The number of hydrogen-bond donors (Lipinski definition) is 0. The molecule has 2 atom stereocenters. The van der Waals surface area contributed by atoms with Gasteiger partial charge in [0, 0.05) is 22.6 Å². The molecule has 1 aliphatic heterocycles. The van der Waals surface area contributed by atoms with Crippen LogP contribution in [-0.2, 0) is 20.3 Å². The molecule has 3 rings (SSSR count). The van der Waals surface area contributed by atoms with Gasteiger partial charge < -0.3 is 9.47 Å². The summed E-state index contributed by atoms with van der Waals surface area (Å²) in [4.78, 5) is 0.855. The highest BCUT2D eigenvalue weighted by molar-refractivity contribution is 7.88. The van der Waals surface area contributed by atoms with Gasteiger partial charge in [-0.05, 0) is 37.8 Å². The highest BCUT2D eigenvalue weighted by atomic mass is 32.2. The Bertz CT molecular complexity index is 501. The van der Waals surface area contributed by atoms with Crippen molar-refractivity contribution < 1.29 is 13.7 Å². The molecule has 1 heterocycles. The van der Waals surface area contributed by atoms with Crippen LogP contribution in [0, 0.1) is 5.92 Å². The van der Waals surface area contributed by atoms with Gasteiger partial charge >= 0.3 is 0 Å². The van der Waals surface area contributed by atoms with Gasteiger partial charge in [-0.25, -0.2) is 4.21 Å². The standard InChI is InChI=1S/C17H22O3S/c18-21(16-9-2-1-3-10-16)14-5-4-7-15-8-6-11-17(15)19-12-13-20-17/h1-3,5,9-10,14-15H,4,6-8,11-13H2/b14-5+. The first kappa shape index (κ1) is 14.9. The van der Waals surface area contributed by atoms with Crippen molar-refractivity contribution in [3.8, 4) is 0 Å². The Morgan fingerprint density at radius 3 is 2.76 bits per heavy atom. The summed E-state index contributed by atoms with van der Waals surface area (Å²) >= 11 is 0. The van der Waals surface area contributed by atoms with E-state index < -0.39 is 10.8 Å². The van der Waals surface area contributed by atoms with Gasteiger partial charge in [-0.1, -0.05) is 24.3 Å². The number of rotatable bonds is 5. The first-order valence-corrected chi connectivity index (χ1v) is 8.92. The SMILES string of the molecule is O=S(/C=C/CCC1CCCC12OCCO2)c1ccccc1. The molecule has 2 fully saturated rings. The van der Waals surface area contributed by atoms with Crippen molar-refractivity contribution in [2.75, 3.05) is 13.2 Å². The van der Waals surface area contributed by atoms with Crippen molar-refractivity contribution in [2.45, 2.75) is 42.8 Å². The van der Waals surface area contributed by atoms with Crippen molar-refractivity contribution in [1.82, 2.24) is 0 Å². The zero-order valence-electron chi connectivity index (χ0n) is 12.2. The summed E-state index contributed by atoms with van der Waals surface area (Å²) < 4.78 is 23.8. The highest BCUT2D eigenvalue weighted by Crippen LogP contribution is 2.44. The quantitative estimate of drug-likeness (QED) is 0.833. The van der Waals surface area contributed by atoms with Gasteiger partial charge in [-0.15, -0.1) is 0 Å². The second-order valence-electron chi connectivity index (χ2n) is 5.66. The normalized spacial score (nSPS) is 25.8. The van der Waals surface area contributed by atoms with Gasteiger partial charge in [0.25, 0.3) is 0 Å². The molecule has 0 aromatic heterocycles. The smallest absolute Gasteiger partial charge is 0.171 e. The van der Waals surface area contributed by atoms with Crippen LogP contribution in [-0.4, -0.2) is 23.2 Å². The van der Waals surface area contributed by atoms with Crippen LogP contribution >= 0.6 is 0 Å². The summed E-state index contributed by atoms with van der Waals surface area (Å²) in [7, 11) is -1.04. The topological polar surface area (TPSA) is 35.5 Å². The predicted octanol–water partition coefficient (Wildman–Crippen LogP) is 3.63. The molecule has 21 heavy (non-hydrogen) atoms. The molecule has 3 nitrogen and oxygen atoms in total. The maximum atomic E-state index is 12.1. The van der Waals surface area contributed by atoms with E-state index in [1.165, 1.54) is 12.8 Å². The molecule has 1 saturated heterocycles. The fourth-order valence-electron chi connectivity index (χ4n) is 3.32. The molecule has 1 saturated carbocycles. The van der Waals surface area contributed by atoms with E-state index in [4.69, 9.17) is 9.47 Å². The van der Waals surface area contributed by atoms with Crippen molar-refractivity contribution in [1.29, 1.82) is 0 Å². The zero-order chi connectivity index (χ0) is 14.5. The molecule has 0 radical (unpaired) electrons. The molecular formula is C17H22O3S. The lowest BCUT2D eigenvalue weighted by Gasteiger charge is -2.29. The summed E-state index contributed by atoms with van der Waals surface area (Å²) in [5, 5.41) is 1.80. The Kier molecular flexibility index (Phi) is 4.88. The summed E-state index contributed by atoms with van der Waals surface area (Å²) in [5.41, 5.74) is 0. The second-order valence-corrected chi connectivity index (χ2v) is 7.00. The summed E-state index contributed by atoms with van der Waals surface area (Å²) in [6, 6.07) is 9.56. The first-order chi connectivity index (χ1) is 10.3. The predicted molar refractivity (Wildman–Crippen MR) is 83.2 cm³/mol. The van der Waals surface area contributed by atoms with Crippen LogP contribution in [0.25, 0.3) is 0 Å². The Hall–Kier alpha value is -0.970. The molecule has 0 N–H and O–H groups in total. The van der Waals surface area contributed by atoms with E-state index in [9.17, 15) is 4.21 Å². The molecule has 114 valence electrons. The lowest BCUT2D eigenvalue weighted by atomic mass is 9.96. The Labute approximate surface area is 128 Å². The Morgan fingerprint density at radius 1 is 1.24 bits per heavy atom. The van der Waals surface area contributed by atoms with Crippen molar-refractivity contribution >= 4 is 10.8 Å². The van der Waals surface area contributed by atoms with Gasteiger partial charge in [-0.3, -0.25) is 0 Å². The summed E-state index contributed by atoms with van der Waals surface area (Å²) in [5.74, 6) is 0.182. The van der Waals surface area contributed by atoms with E-state index in [1.807, 2.05) is 36.4 Å². The van der Waals surface area contributed by atoms with Crippen molar-refractivity contribution in [2.24, 2.45) is 5.92 Å². The Morgan fingerprint density at radius 2 is 2.00 bits per heavy atom. The van der Waals surface area contributed by atoms with Gasteiger partial charge in [0.2, 0.25) is 0 Å². The van der Waals surface area contributed by atoms with E-state index in [1.54, 1.807) is 5.41 Å². The minimum atomic E-state index is -1.04. The minimum absolute atomic E-state index is 0.299. The van der Waals surface area contributed by atoms with Crippen LogP contribution in [0.2, 0.25) is 0 Å². The first-order valence-electron chi connectivity index (χ1n) is 7.70. The zero-order valence-corrected chi connectivity index (χ0v) is 13.0. The molecule has 0 amide bonds. The number of allylic oxidation sites excluding steroid dienone is 1. The molecule has 1 aromatic carbocycles. The van der Waals surface area contributed by atoms with E-state index in [2.05, 4.69) is 0 Å². The van der Waals surface area contributed by atoms with Crippen LogP contribution < -0.4 is 0 Å². The molecule has 0 bridgehead atoms. The van der Waals surface area contributed by atoms with E-state index in [0.29, 0.717) is 5.92 Å². The van der Waals surface area contributed by atoms with Gasteiger partial charge in [-0.2, -0.15) is 0 Å². The average molecular weight is 306 g/mol. The fourth-order valence-corrected chi connectivity index (χ4v) is 4.21. The van der Waals surface area contributed by atoms with Crippen LogP contribution in [0.15, 0.2) is 46.7 Å². The molecule has 4 heteroatoms. The summed E-state index contributed by atoms with van der Waals surface area (Å²) in [6.45, 7) is 1.45. The largest absolute Gasteiger partial charge is 0.347 e. The molecule has 1 aromatic rings.